The predicted octanol–water partition coefficient (Wildman–Crippen LogP) is 5.43. The van der Waals surface area contributed by atoms with Crippen LogP contribution in [0.2, 0.25) is 0 Å². The minimum atomic E-state index is 0.226. The first-order chi connectivity index (χ1) is 13.7. The minimum Gasteiger partial charge on any atom is -0.501 e. The van der Waals surface area contributed by atoms with E-state index in [1.165, 1.54) is 30.4 Å². The molecule has 0 N–H and O–H groups in total. The maximum Gasteiger partial charge on any atom is 0.150 e. The number of allylic oxidation sites excluding steroid dienone is 2. The standard InChI is InChI=1S/C25H30O3/c1-25-13-21(17-5-3-16(14-26)4-6-17)24-19-11-12-28-15-18(19)7-8-20(24)22(25)9-10-23(25)27-2/h3-6,14-15,20-23H,7-13H2,1-2H3/t20?,21-,22?,23+,25+/m1/s1. The fourth-order valence-electron chi connectivity index (χ4n) is 6.88. The van der Waals surface area contributed by atoms with E-state index in [0.717, 1.165) is 43.6 Å². The van der Waals surface area contributed by atoms with Gasteiger partial charge in [-0.3, -0.25) is 4.79 Å². The summed E-state index contributed by atoms with van der Waals surface area (Å²) in [4.78, 5) is 11.1. The van der Waals surface area contributed by atoms with Gasteiger partial charge in [0.25, 0.3) is 0 Å². The van der Waals surface area contributed by atoms with Crippen molar-refractivity contribution in [2.24, 2.45) is 17.3 Å². The van der Waals surface area contributed by atoms with Crippen LogP contribution in [0.4, 0.5) is 0 Å². The lowest BCUT2D eigenvalue weighted by atomic mass is 9.53. The maximum atomic E-state index is 11.1. The van der Waals surface area contributed by atoms with Crippen LogP contribution in [0.3, 0.4) is 0 Å². The molecule has 28 heavy (non-hydrogen) atoms. The number of methoxy groups -OCH3 is 1. The van der Waals surface area contributed by atoms with Gasteiger partial charge in [0.15, 0.2) is 0 Å². The van der Waals surface area contributed by atoms with E-state index in [-0.39, 0.29) is 5.41 Å². The summed E-state index contributed by atoms with van der Waals surface area (Å²) in [6.45, 7) is 3.27. The van der Waals surface area contributed by atoms with Gasteiger partial charge in [0, 0.05) is 25.0 Å². The Kier molecular flexibility index (Phi) is 4.46. The highest BCUT2D eigenvalue weighted by Gasteiger charge is 2.56. The van der Waals surface area contributed by atoms with Crippen LogP contribution in [0.1, 0.15) is 67.3 Å². The Morgan fingerprint density at radius 1 is 1.14 bits per heavy atom. The molecule has 2 fully saturated rings. The maximum absolute atomic E-state index is 11.1. The Balaban J connectivity index is 1.65. The first-order valence-electron chi connectivity index (χ1n) is 10.8. The summed E-state index contributed by atoms with van der Waals surface area (Å²) in [6.07, 6.45) is 10.3. The fourth-order valence-corrected chi connectivity index (χ4v) is 6.88. The molecule has 3 nitrogen and oxygen atoms in total. The smallest absolute Gasteiger partial charge is 0.150 e. The van der Waals surface area contributed by atoms with Crippen LogP contribution in [-0.2, 0) is 9.47 Å². The van der Waals surface area contributed by atoms with Crippen molar-refractivity contribution in [1.82, 2.24) is 0 Å². The number of ether oxygens (including phenoxy) is 2. The van der Waals surface area contributed by atoms with Crippen molar-refractivity contribution in [1.29, 1.82) is 0 Å². The van der Waals surface area contributed by atoms with E-state index in [1.807, 2.05) is 25.5 Å². The zero-order valence-electron chi connectivity index (χ0n) is 16.9. The molecule has 1 heterocycles. The molecule has 5 rings (SSSR count). The molecule has 3 aliphatic carbocycles. The van der Waals surface area contributed by atoms with Gasteiger partial charge < -0.3 is 9.47 Å². The highest BCUT2D eigenvalue weighted by atomic mass is 16.5. The SMILES string of the molecule is CO[C@H]1CCC2C3CCC4=COCCC4=C3[C@@H](c3ccc(C=O)cc3)C[C@@]21C. The highest BCUT2D eigenvalue weighted by Crippen LogP contribution is 2.64. The van der Waals surface area contributed by atoms with E-state index in [4.69, 9.17) is 9.47 Å². The number of carbonyl (C=O) groups is 1. The van der Waals surface area contributed by atoms with Gasteiger partial charge in [0.2, 0.25) is 0 Å². The molecule has 148 valence electrons. The second-order valence-electron chi connectivity index (χ2n) is 9.30. The van der Waals surface area contributed by atoms with Crippen molar-refractivity contribution in [2.45, 2.75) is 57.5 Å². The quantitative estimate of drug-likeness (QED) is 0.658. The van der Waals surface area contributed by atoms with Crippen LogP contribution < -0.4 is 0 Å². The molecule has 1 aromatic carbocycles. The number of rotatable bonds is 3. The topological polar surface area (TPSA) is 35.5 Å². The molecule has 0 bridgehead atoms. The molecule has 2 saturated carbocycles. The van der Waals surface area contributed by atoms with Gasteiger partial charge in [0.05, 0.1) is 19.0 Å². The minimum absolute atomic E-state index is 0.226. The molecule has 4 aliphatic rings. The van der Waals surface area contributed by atoms with Crippen LogP contribution in [0, 0.1) is 17.3 Å². The Morgan fingerprint density at radius 3 is 2.71 bits per heavy atom. The van der Waals surface area contributed by atoms with E-state index in [0.29, 0.717) is 17.9 Å². The zero-order chi connectivity index (χ0) is 19.3. The average Bonchev–Trinajstić information content (AvgIpc) is 3.09. The number of benzene rings is 1. The van der Waals surface area contributed by atoms with Crippen molar-refractivity contribution in [2.75, 3.05) is 13.7 Å². The van der Waals surface area contributed by atoms with Crippen molar-refractivity contribution < 1.29 is 14.3 Å². The first kappa shape index (κ1) is 18.2. The zero-order valence-corrected chi connectivity index (χ0v) is 16.9. The summed E-state index contributed by atoms with van der Waals surface area (Å²) in [5.74, 6) is 1.79. The van der Waals surface area contributed by atoms with E-state index in [9.17, 15) is 4.79 Å². The van der Waals surface area contributed by atoms with Gasteiger partial charge >= 0.3 is 0 Å². The van der Waals surface area contributed by atoms with E-state index < -0.39 is 0 Å². The van der Waals surface area contributed by atoms with Gasteiger partial charge in [-0.05, 0) is 66.1 Å². The molecule has 2 unspecified atom stereocenters. The van der Waals surface area contributed by atoms with Gasteiger partial charge in [-0.2, -0.15) is 0 Å². The highest BCUT2D eigenvalue weighted by molar-refractivity contribution is 5.74. The van der Waals surface area contributed by atoms with E-state index in [2.05, 4.69) is 19.1 Å². The molecular weight excluding hydrogens is 348 g/mol. The third kappa shape index (κ3) is 2.62. The van der Waals surface area contributed by atoms with Gasteiger partial charge in [-0.1, -0.05) is 36.8 Å². The molecule has 1 aromatic rings. The van der Waals surface area contributed by atoms with Crippen molar-refractivity contribution >= 4 is 6.29 Å². The lowest BCUT2D eigenvalue weighted by molar-refractivity contribution is -0.0300. The summed E-state index contributed by atoms with van der Waals surface area (Å²) in [5.41, 5.74) is 7.02. The summed E-state index contributed by atoms with van der Waals surface area (Å²) < 4.78 is 11.7. The molecule has 5 atom stereocenters. The largest absolute Gasteiger partial charge is 0.501 e. The fraction of sp³-hybridized carbons (Fsp3) is 0.560. The van der Waals surface area contributed by atoms with Gasteiger partial charge in [-0.25, -0.2) is 0 Å². The summed E-state index contributed by atoms with van der Waals surface area (Å²) in [5, 5.41) is 0. The molecule has 0 spiro atoms. The number of hydrogen-bond donors (Lipinski definition) is 0. The third-order valence-corrected chi connectivity index (χ3v) is 8.14. The summed E-state index contributed by atoms with van der Waals surface area (Å²) >= 11 is 0. The number of aldehydes is 1. The molecule has 0 radical (unpaired) electrons. The number of fused-ring (bicyclic) bond motifs is 4. The Hall–Kier alpha value is -1.87. The van der Waals surface area contributed by atoms with Crippen LogP contribution in [-0.4, -0.2) is 26.1 Å². The number of carbonyl (C=O) groups excluding carboxylic acids is 1. The summed E-state index contributed by atoms with van der Waals surface area (Å²) in [7, 11) is 1.89. The first-order valence-corrected chi connectivity index (χ1v) is 10.8. The third-order valence-electron chi connectivity index (χ3n) is 8.14. The molecule has 0 saturated heterocycles. The van der Waals surface area contributed by atoms with Crippen LogP contribution in [0.25, 0.3) is 0 Å². The van der Waals surface area contributed by atoms with Crippen LogP contribution >= 0.6 is 0 Å². The summed E-state index contributed by atoms with van der Waals surface area (Å²) in [6, 6.07) is 8.31. The molecule has 0 amide bonds. The Labute approximate surface area is 167 Å². The second-order valence-corrected chi connectivity index (χ2v) is 9.30. The van der Waals surface area contributed by atoms with Gasteiger partial charge in [0.1, 0.15) is 6.29 Å². The van der Waals surface area contributed by atoms with Crippen molar-refractivity contribution in [3.63, 3.8) is 0 Å². The molecule has 1 aliphatic heterocycles. The monoisotopic (exact) mass is 378 g/mol. The van der Waals surface area contributed by atoms with E-state index >= 15 is 0 Å². The normalized spacial score (nSPS) is 36.7. The molecule has 3 heteroatoms. The Morgan fingerprint density at radius 2 is 1.96 bits per heavy atom. The Bertz CT molecular complexity index is 834. The second kappa shape index (κ2) is 6.88. The molecule has 0 aromatic heterocycles. The average molecular weight is 379 g/mol. The predicted molar refractivity (Wildman–Crippen MR) is 109 cm³/mol. The van der Waals surface area contributed by atoms with Gasteiger partial charge in [-0.15, -0.1) is 0 Å². The van der Waals surface area contributed by atoms with Crippen molar-refractivity contribution in [3.05, 3.63) is 58.4 Å². The molecular formula is C25H30O3. The van der Waals surface area contributed by atoms with Crippen molar-refractivity contribution in [3.8, 4) is 0 Å². The van der Waals surface area contributed by atoms with Crippen LogP contribution in [0.15, 0.2) is 47.2 Å². The van der Waals surface area contributed by atoms with E-state index in [1.54, 1.807) is 11.1 Å². The van der Waals surface area contributed by atoms with Crippen LogP contribution in [0.5, 0.6) is 0 Å². The lowest BCUT2D eigenvalue weighted by Gasteiger charge is -2.52. The lowest BCUT2D eigenvalue weighted by Crippen LogP contribution is -2.45. The number of hydrogen-bond acceptors (Lipinski definition) is 3.